The minimum atomic E-state index is 0.348. The van der Waals surface area contributed by atoms with Crippen molar-refractivity contribution in [2.24, 2.45) is 5.92 Å². The zero-order valence-corrected chi connectivity index (χ0v) is 8.87. The second kappa shape index (κ2) is 4.41. The fraction of sp³-hybridized carbons (Fsp3) is 0.909. The summed E-state index contributed by atoms with van der Waals surface area (Å²) < 4.78 is 5.09. The number of carbonyl (C=O) groups excluding carboxylic acids is 1. The molecule has 2 fully saturated rings. The van der Waals surface area contributed by atoms with E-state index in [-0.39, 0.29) is 0 Å². The zero-order valence-electron chi connectivity index (χ0n) is 8.87. The molecule has 2 rings (SSSR count). The van der Waals surface area contributed by atoms with E-state index in [4.69, 9.17) is 4.74 Å². The Morgan fingerprint density at radius 3 is 3.14 bits per heavy atom. The van der Waals surface area contributed by atoms with E-state index < -0.39 is 0 Å². The molecular formula is C11H19NO2. The van der Waals surface area contributed by atoms with Gasteiger partial charge in [-0.25, -0.2) is 0 Å². The standard InChI is InChI=1S/C11H19NO2/c1-14-8-7-12-6-5-11(13)9-3-2-4-10(9)12/h9-10H,2-8H2,1H3. The molecule has 80 valence electrons. The number of fused-ring (bicyclic) bond motifs is 1. The predicted octanol–water partition coefficient (Wildman–Crippen LogP) is 1.08. The molecule has 0 aromatic carbocycles. The summed E-state index contributed by atoms with van der Waals surface area (Å²) in [7, 11) is 1.74. The molecule has 0 amide bonds. The minimum Gasteiger partial charge on any atom is -0.383 e. The maximum atomic E-state index is 11.6. The number of hydrogen-bond acceptors (Lipinski definition) is 3. The number of methoxy groups -OCH3 is 1. The lowest BCUT2D eigenvalue weighted by Gasteiger charge is -2.36. The highest BCUT2D eigenvalue weighted by molar-refractivity contribution is 5.83. The van der Waals surface area contributed by atoms with E-state index in [1.165, 1.54) is 12.8 Å². The van der Waals surface area contributed by atoms with E-state index in [0.717, 1.165) is 32.5 Å². The maximum Gasteiger partial charge on any atom is 0.138 e. The van der Waals surface area contributed by atoms with Crippen molar-refractivity contribution in [3.05, 3.63) is 0 Å². The van der Waals surface area contributed by atoms with Crippen molar-refractivity contribution in [3.8, 4) is 0 Å². The highest BCUT2D eigenvalue weighted by Crippen LogP contribution is 2.34. The molecule has 0 bridgehead atoms. The van der Waals surface area contributed by atoms with Gasteiger partial charge in [-0.05, 0) is 12.8 Å². The van der Waals surface area contributed by atoms with Gasteiger partial charge in [0.2, 0.25) is 0 Å². The average Bonchev–Trinajstić information content (AvgIpc) is 2.66. The summed E-state index contributed by atoms with van der Waals surface area (Å²) in [6.45, 7) is 2.73. The van der Waals surface area contributed by atoms with Gasteiger partial charge in [0.05, 0.1) is 6.61 Å². The molecule has 14 heavy (non-hydrogen) atoms. The molecule has 1 heterocycles. The van der Waals surface area contributed by atoms with Gasteiger partial charge in [0, 0.05) is 38.6 Å². The van der Waals surface area contributed by atoms with Crippen molar-refractivity contribution >= 4 is 5.78 Å². The Hall–Kier alpha value is -0.410. The van der Waals surface area contributed by atoms with Gasteiger partial charge in [-0.1, -0.05) is 6.42 Å². The van der Waals surface area contributed by atoms with E-state index in [1.807, 2.05) is 0 Å². The van der Waals surface area contributed by atoms with Crippen LogP contribution in [0.5, 0.6) is 0 Å². The largest absolute Gasteiger partial charge is 0.383 e. The molecule has 0 spiro atoms. The van der Waals surface area contributed by atoms with E-state index in [9.17, 15) is 4.79 Å². The van der Waals surface area contributed by atoms with Crippen LogP contribution >= 0.6 is 0 Å². The van der Waals surface area contributed by atoms with Crippen LogP contribution in [0.2, 0.25) is 0 Å². The van der Waals surface area contributed by atoms with Gasteiger partial charge in [0.1, 0.15) is 5.78 Å². The topological polar surface area (TPSA) is 29.5 Å². The molecule has 3 heteroatoms. The first-order valence-corrected chi connectivity index (χ1v) is 5.58. The number of likely N-dealkylation sites (tertiary alicyclic amines) is 1. The van der Waals surface area contributed by atoms with Gasteiger partial charge in [-0.3, -0.25) is 9.69 Å². The van der Waals surface area contributed by atoms with Crippen molar-refractivity contribution in [3.63, 3.8) is 0 Å². The predicted molar refractivity (Wildman–Crippen MR) is 54.2 cm³/mol. The minimum absolute atomic E-state index is 0.348. The van der Waals surface area contributed by atoms with Gasteiger partial charge in [0.15, 0.2) is 0 Å². The molecule has 2 aliphatic rings. The third-order valence-corrected chi connectivity index (χ3v) is 3.59. The number of hydrogen-bond donors (Lipinski definition) is 0. The van der Waals surface area contributed by atoms with Crippen molar-refractivity contribution in [1.29, 1.82) is 0 Å². The van der Waals surface area contributed by atoms with Gasteiger partial charge in [0.25, 0.3) is 0 Å². The van der Waals surface area contributed by atoms with Crippen LogP contribution in [-0.4, -0.2) is 43.5 Å². The SMILES string of the molecule is COCCN1CCC(=O)C2CCCC21. The fourth-order valence-corrected chi connectivity index (χ4v) is 2.84. The third-order valence-electron chi connectivity index (χ3n) is 3.59. The number of piperidine rings is 1. The lowest BCUT2D eigenvalue weighted by Crippen LogP contribution is -2.47. The Morgan fingerprint density at radius 1 is 1.50 bits per heavy atom. The summed E-state index contributed by atoms with van der Waals surface area (Å²) in [5.41, 5.74) is 0. The number of rotatable bonds is 3. The summed E-state index contributed by atoms with van der Waals surface area (Å²) >= 11 is 0. The van der Waals surface area contributed by atoms with Crippen LogP contribution in [0.15, 0.2) is 0 Å². The van der Waals surface area contributed by atoms with E-state index >= 15 is 0 Å². The molecular weight excluding hydrogens is 178 g/mol. The second-order valence-corrected chi connectivity index (χ2v) is 4.35. The molecule has 2 unspecified atom stereocenters. The molecule has 1 aliphatic heterocycles. The van der Waals surface area contributed by atoms with Crippen LogP contribution in [-0.2, 0) is 9.53 Å². The molecule has 0 N–H and O–H groups in total. The third kappa shape index (κ3) is 1.84. The van der Waals surface area contributed by atoms with E-state index in [2.05, 4.69) is 4.90 Å². The zero-order chi connectivity index (χ0) is 9.97. The molecule has 0 radical (unpaired) electrons. The van der Waals surface area contributed by atoms with E-state index in [1.54, 1.807) is 7.11 Å². The highest BCUT2D eigenvalue weighted by Gasteiger charge is 2.39. The first kappa shape index (κ1) is 10.1. The highest BCUT2D eigenvalue weighted by atomic mass is 16.5. The molecule has 1 aliphatic carbocycles. The molecule has 0 aromatic heterocycles. The maximum absolute atomic E-state index is 11.6. The normalized spacial score (nSPS) is 33.4. The van der Waals surface area contributed by atoms with Crippen molar-refractivity contribution < 1.29 is 9.53 Å². The first-order valence-electron chi connectivity index (χ1n) is 5.58. The number of ether oxygens (including phenoxy) is 1. The number of ketones is 1. The van der Waals surface area contributed by atoms with Gasteiger partial charge in [-0.2, -0.15) is 0 Å². The van der Waals surface area contributed by atoms with Crippen LogP contribution in [0.4, 0.5) is 0 Å². The van der Waals surface area contributed by atoms with Crippen molar-refractivity contribution in [2.45, 2.75) is 31.7 Å². The lowest BCUT2D eigenvalue weighted by atomic mass is 9.91. The van der Waals surface area contributed by atoms with Gasteiger partial charge >= 0.3 is 0 Å². The van der Waals surface area contributed by atoms with Gasteiger partial charge in [-0.15, -0.1) is 0 Å². The lowest BCUT2D eigenvalue weighted by molar-refractivity contribution is -0.128. The Bertz CT molecular complexity index is 217. The Labute approximate surface area is 85.4 Å². The molecule has 2 atom stereocenters. The monoisotopic (exact) mass is 197 g/mol. The summed E-state index contributed by atoms with van der Waals surface area (Å²) in [6.07, 6.45) is 4.31. The van der Waals surface area contributed by atoms with Crippen LogP contribution in [0, 0.1) is 5.92 Å². The number of nitrogens with zero attached hydrogens (tertiary/aromatic N) is 1. The quantitative estimate of drug-likeness (QED) is 0.678. The Morgan fingerprint density at radius 2 is 2.36 bits per heavy atom. The summed E-state index contributed by atoms with van der Waals surface area (Å²) in [5.74, 6) is 0.849. The van der Waals surface area contributed by atoms with Gasteiger partial charge < -0.3 is 4.74 Å². The van der Waals surface area contributed by atoms with Crippen LogP contribution < -0.4 is 0 Å². The van der Waals surface area contributed by atoms with E-state index in [0.29, 0.717) is 17.7 Å². The Kier molecular flexibility index (Phi) is 3.19. The smallest absolute Gasteiger partial charge is 0.138 e. The molecule has 0 aromatic rings. The van der Waals surface area contributed by atoms with Crippen LogP contribution in [0.3, 0.4) is 0 Å². The number of carbonyl (C=O) groups is 1. The van der Waals surface area contributed by atoms with Crippen LogP contribution in [0.25, 0.3) is 0 Å². The van der Waals surface area contributed by atoms with Crippen molar-refractivity contribution in [2.75, 3.05) is 26.8 Å². The first-order chi connectivity index (χ1) is 6.83. The second-order valence-electron chi connectivity index (χ2n) is 4.35. The molecule has 3 nitrogen and oxygen atoms in total. The molecule has 1 saturated carbocycles. The fourth-order valence-electron chi connectivity index (χ4n) is 2.84. The summed E-state index contributed by atoms with van der Waals surface area (Å²) in [6, 6.07) is 0.534. The summed E-state index contributed by atoms with van der Waals surface area (Å²) in [4.78, 5) is 14.1. The van der Waals surface area contributed by atoms with Crippen LogP contribution in [0.1, 0.15) is 25.7 Å². The molecule has 1 saturated heterocycles. The average molecular weight is 197 g/mol. The van der Waals surface area contributed by atoms with Crippen molar-refractivity contribution in [1.82, 2.24) is 4.90 Å². The number of Topliss-reactive ketones (excluding diaryl/α,β-unsaturated/α-hetero) is 1. The summed E-state index contributed by atoms with van der Waals surface area (Å²) in [5, 5.41) is 0. The Balaban J connectivity index is 1.95.